The normalized spacial score (nSPS) is 11.7. The number of hydrogen-bond acceptors (Lipinski definition) is 3. The highest BCUT2D eigenvalue weighted by Gasteiger charge is 2.20. The second-order valence-electron chi connectivity index (χ2n) is 5.87. The molecule has 0 saturated heterocycles. The number of benzene rings is 1. The summed E-state index contributed by atoms with van der Waals surface area (Å²) < 4.78 is 5.36. The first-order valence-corrected chi connectivity index (χ1v) is 6.81. The Bertz CT molecular complexity index is 425. The molecule has 0 fully saturated rings. The predicted molar refractivity (Wildman–Crippen MR) is 78.6 cm³/mol. The molecule has 0 aromatic heterocycles. The number of carbonyl (C=O) groups excluding carboxylic acids is 1. The van der Waals surface area contributed by atoms with Crippen LogP contribution in [0.2, 0.25) is 0 Å². The zero-order valence-corrected chi connectivity index (χ0v) is 12.7. The molecule has 1 aromatic rings. The van der Waals surface area contributed by atoms with E-state index >= 15 is 0 Å². The van der Waals surface area contributed by atoms with Crippen LogP contribution in [0.3, 0.4) is 0 Å². The largest absolute Gasteiger partial charge is 0.426 e. The minimum atomic E-state index is -0.226. The lowest BCUT2D eigenvalue weighted by Gasteiger charge is -2.25. The van der Waals surface area contributed by atoms with Crippen LogP contribution in [0.5, 0.6) is 5.75 Å². The van der Waals surface area contributed by atoms with Gasteiger partial charge in [0.2, 0.25) is 0 Å². The van der Waals surface area contributed by atoms with Crippen molar-refractivity contribution in [2.75, 3.05) is 20.6 Å². The van der Waals surface area contributed by atoms with Crippen molar-refractivity contribution >= 4 is 5.97 Å². The van der Waals surface area contributed by atoms with E-state index < -0.39 is 0 Å². The lowest BCUT2D eigenvalue weighted by molar-refractivity contribution is -0.135. The van der Waals surface area contributed by atoms with E-state index in [1.54, 1.807) is 4.90 Å². The molecule has 0 N–H and O–H groups in total. The summed E-state index contributed by atoms with van der Waals surface area (Å²) in [5.74, 6) is 0.406. The van der Waals surface area contributed by atoms with Gasteiger partial charge in [-0.15, -0.1) is 0 Å². The third-order valence-electron chi connectivity index (χ3n) is 3.17. The Kier molecular flexibility index (Phi) is 5.55. The number of likely N-dealkylation sites (N-methyl/N-ethyl adjacent to an activating group) is 1. The Morgan fingerprint density at radius 1 is 1.32 bits per heavy atom. The molecule has 0 heterocycles. The van der Waals surface area contributed by atoms with Gasteiger partial charge in [0.1, 0.15) is 5.75 Å². The van der Waals surface area contributed by atoms with Crippen LogP contribution in [0.15, 0.2) is 24.3 Å². The minimum Gasteiger partial charge on any atom is -0.426 e. The van der Waals surface area contributed by atoms with Gasteiger partial charge in [-0.2, -0.15) is 0 Å². The van der Waals surface area contributed by atoms with Gasteiger partial charge < -0.3 is 4.74 Å². The lowest BCUT2D eigenvalue weighted by Crippen LogP contribution is -2.25. The molecule has 3 heteroatoms. The molecular formula is C16H25NO2. The van der Waals surface area contributed by atoms with E-state index in [-0.39, 0.29) is 11.4 Å². The van der Waals surface area contributed by atoms with Crippen LogP contribution in [-0.2, 0) is 10.2 Å². The first-order chi connectivity index (χ1) is 8.85. The fourth-order valence-corrected chi connectivity index (χ4v) is 2.17. The van der Waals surface area contributed by atoms with Gasteiger partial charge in [-0.1, -0.05) is 39.3 Å². The van der Waals surface area contributed by atoms with Gasteiger partial charge in [-0.25, -0.2) is 0 Å². The van der Waals surface area contributed by atoms with Crippen molar-refractivity contribution in [1.29, 1.82) is 0 Å². The molecule has 0 radical (unpaired) electrons. The first-order valence-electron chi connectivity index (χ1n) is 6.81. The van der Waals surface area contributed by atoms with Crippen molar-refractivity contribution in [2.45, 2.75) is 39.0 Å². The van der Waals surface area contributed by atoms with Crippen LogP contribution >= 0.6 is 0 Å². The van der Waals surface area contributed by atoms with Gasteiger partial charge in [0.25, 0.3) is 0 Å². The van der Waals surface area contributed by atoms with E-state index in [4.69, 9.17) is 4.74 Å². The third kappa shape index (κ3) is 5.03. The molecule has 0 saturated carbocycles. The van der Waals surface area contributed by atoms with Gasteiger partial charge in [-0.05, 0) is 43.6 Å². The summed E-state index contributed by atoms with van der Waals surface area (Å²) in [7, 11) is 3.70. The van der Waals surface area contributed by atoms with E-state index in [9.17, 15) is 4.79 Å². The Morgan fingerprint density at radius 2 is 2.00 bits per heavy atom. The summed E-state index contributed by atoms with van der Waals surface area (Å²) in [6.45, 7) is 6.92. The Balaban J connectivity index is 2.80. The molecule has 0 spiro atoms. The highest BCUT2D eigenvalue weighted by atomic mass is 16.5. The smallest absolute Gasteiger partial charge is 0.325 e. The van der Waals surface area contributed by atoms with Crippen LogP contribution < -0.4 is 4.74 Å². The van der Waals surface area contributed by atoms with Crippen LogP contribution in [0.25, 0.3) is 0 Å². The fraction of sp³-hybridized carbons (Fsp3) is 0.562. The summed E-state index contributed by atoms with van der Waals surface area (Å²) in [4.78, 5) is 13.4. The van der Waals surface area contributed by atoms with E-state index in [0.717, 1.165) is 12.8 Å². The Labute approximate surface area is 116 Å². The maximum absolute atomic E-state index is 11.6. The first kappa shape index (κ1) is 15.7. The molecule has 1 aromatic carbocycles. The lowest BCUT2D eigenvalue weighted by atomic mass is 9.81. The van der Waals surface area contributed by atoms with Crippen molar-refractivity contribution in [1.82, 2.24) is 4.90 Å². The average Bonchev–Trinajstić information content (AvgIpc) is 2.28. The van der Waals surface area contributed by atoms with Gasteiger partial charge in [0, 0.05) is 0 Å². The van der Waals surface area contributed by atoms with Crippen molar-refractivity contribution in [2.24, 2.45) is 0 Å². The zero-order chi connectivity index (χ0) is 14.5. The van der Waals surface area contributed by atoms with Crippen molar-refractivity contribution in [3.05, 3.63) is 29.8 Å². The van der Waals surface area contributed by atoms with Gasteiger partial charge in [0.05, 0.1) is 6.54 Å². The predicted octanol–water partition coefficient (Wildman–Crippen LogP) is 3.23. The summed E-state index contributed by atoms with van der Waals surface area (Å²) in [5.41, 5.74) is 1.32. The van der Waals surface area contributed by atoms with E-state index in [1.807, 2.05) is 32.3 Å². The topological polar surface area (TPSA) is 29.5 Å². The Hall–Kier alpha value is -1.35. The molecule has 0 atom stereocenters. The number of carbonyl (C=O) groups is 1. The monoisotopic (exact) mass is 263 g/mol. The number of hydrogen-bond donors (Lipinski definition) is 0. The van der Waals surface area contributed by atoms with Crippen molar-refractivity contribution in [3.63, 3.8) is 0 Å². The summed E-state index contributed by atoms with van der Waals surface area (Å²) >= 11 is 0. The van der Waals surface area contributed by atoms with Crippen molar-refractivity contribution < 1.29 is 9.53 Å². The highest BCUT2D eigenvalue weighted by Crippen LogP contribution is 2.30. The molecule has 106 valence electrons. The molecule has 0 aliphatic rings. The standard InChI is InChI=1S/C16H25NO2/c1-6-10-16(2,3)13-8-7-9-14(11-13)19-15(18)12-17(4)5/h7-9,11H,6,10,12H2,1-5H3. The maximum atomic E-state index is 11.6. The van der Waals surface area contributed by atoms with E-state index in [0.29, 0.717) is 12.3 Å². The SMILES string of the molecule is CCCC(C)(C)c1cccc(OC(=O)CN(C)C)c1. The highest BCUT2D eigenvalue weighted by molar-refractivity contribution is 5.74. The summed E-state index contributed by atoms with van der Waals surface area (Å²) in [6.07, 6.45) is 2.25. The molecule has 0 aliphatic heterocycles. The zero-order valence-electron chi connectivity index (χ0n) is 12.7. The number of nitrogens with zero attached hydrogens (tertiary/aromatic N) is 1. The quantitative estimate of drug-likeness (QED) is 0.583. The van der Waals surface area contributed by atoms with Crippen LogP contribution in [-0.4, -0.2) is 31.5 Å². The maximum Gasteiger partial charge on any atom is 0.325 e. The molecule has 3 nitrogen and oxygen atoms in total. The second-order valence-corrected chi connectivity index (χ2v) is 5.87. The molecular weight excluding hydrogens is 238 g/mol. The molecule has 0 amide bonds. The fourth-order valence-electron chi connectivity index (χ4n) is 2.17. The molecule has 1 rings (SSSR count). The van der Waals surface area contributed by atoms with E-state index in [2.05, 4.69) is 26.8 Å². The summed E-state index contributed by atoms with van der Waals surface area (Å²) in [5, 5.41) is 0. The van der Waals surface area contributed by atoms with Gasteiger partial charge in [0.15, 0.2) is 0 Å². The third-order valence-corrected chi connectivity index (χ3v) is 3.17. The van der Waals surface area contributed by atoms with Gasteiger partial charge in [-0.3, -0.25) is 9.69 Å². The van der Waals surface area contributed by atoms with Crippen molar-refractivity contribution in [3.8, 4) is 5.75 Å². The molecule has 0 bridgehead atoms. The molecule has 0 aliphatic carbocycles. The number of ether oxygens (including phenoxy) is 1. The van der Waals surface area contributed by atoms with Crippen LogP contribution in [0.4, 0.5) is 0 Å². The van der Waals surface area contributed by atoms with Gasteiger partial charge >= 0.3 is 5.97 Å². The number of rotatable bonds is 6. The van der Waals surface area contributed by atoms with Crippen LogP contribution in [0, 0.1) is 0 Å². The van der Waals surface area contributed by atoms with Crippen LogP contribution in [0.1, 0.15) is 39.2 Å². The minimum absolute atomic E-state index is 0.110. The Morgan fingerprint density at radius 3 is 2.58 bits per heavy atom. The molecule has 19 heavy (non-hydrogen) atoms. The molecule has 0 unspecified atom stereocenters. The second kappa shape index (κ2) is 6.71. The summed E-state index contributed by atoms with van der Waals surface area (Å²) in [6, 6.07) is 7.85. The van der Waals surface area contributed by atoms with E-state index in [1.165, 1.54) is 5.56 Å². The average molecular weight is 263 g/mol. The number of esters is 1.